The molecule has 7 nitrogen and oxygen atoms in total. The number of fused-ring (bicyclic) bond motifs is 1. The van der Waals surface area contributed by atoms with E-state index in [0.29, 0.717) is 12.6 Å². The summed E-state index contributed by atoms with van der Waals surface area (Å²) in [5.41, 5.74) is 9.08. The average molecular weight is 512 g/mol. The summed E-state index contributed by atoms with van der Waals surface area (Å²) in [6.45, 7) is 7.89. The van der Waals surface area contributed by atoms with Gasteiger partial charge in [-0.2, -0.15) is 0 Å². The zero-order chi connectivity index (χ0) is 19.9. The third kappa shape index (κ3) is 6.60. The van der Waals surface area contributed by atoms with Gasteiger partial charge in [0.1, 0.15) is 0 Å². The van der Waals surface area contributed by atoms with Crippen molar-refractivity contribution in [2.24, 2.45) is 10.7 Å². The van der Waals surface area contributed by atoms with Crippen molar-refractivity contribution in [1.82, 2.24) is 20.5 Å². The van der Waals surface area contributed by atoms with Crippen molar-refractivity contribution in [3.63, 3.8) is 0 Å². The zero-order valence-electron chi connectivity index (χ0n) is 17.3. The topological polar surface area (TPSA) is 98.5 Å². The van der Waals surface area contributed by atoms with E-state index in [4.69, 9.17) is 10.7 Å². The molecule has 0 atom stereocenters. The van der Waals surface area contributed by atoms with Crippen LogP contribution < -0.4 is 16.4 Å². The molecule has 0 unspecified atom stereocenters. The number of H-pyrrole nitrogens is 1. The number of hydrogen-bond acceptors (Lipinski definition) is 3. The van der Waals surface area contributed by atoms with Crippen LogP contribution in [0, 0.1) is 6.92 Å². The van der Waals surface area contributed by atoms with Crippen LogP contribution in [0.1, 0.15) is 30.9 Å². The quantitative estimate of drug-likeness (QED) is 0.260. The van der Waals surface area contributed by atoms with E-state index in [1.165, 1.54) is 22.0 Å². The van der Waals surface area contributed by atoms with Gasteiger partial charge in [-0.25, -0.2) is 0 Å². The lowest BCUT2D eigenvalue weighted by molar-refractivity contribution is -0.119. The predicted molar refractivity (Wildman–Crippen MR) is 130 cm³/mol. The second-order valence-corrected chi connectivity index (χ2v) is 7.48. The first-order valence-corrected chi connectivity index (χ1v) is 10.2. The Labute approximate surface area is 189 Å². The molecule has 5 N–H and O–H groups in total. The number of rotatable bonds is 7. The molecule has 3 rings (SSSR count). The Morgan fingerprint density at radius 3 is 2.79 bits per heavy atom. The van der Waals surface area contributed by atoms with Gasteiger partial charge < -0.3 is 21.4 Å². The normalized spacial score (nSPS) is 15.9. The second-order valence-electron chi connectivity index (χ2n) is 7.48. The van der Waals surface area contributed by atoms with Crippen molar-refractivity contribution in [2.75, 3.05) is 32.7 Å². The highest BCUT2D eigenvalue weighted by Crippen LogP contribution is 2.21. The van der Waals surface area contributed by atoms with Gasteiger partial charge in [-0.15, -0.1) is 24.0 Å². The maximum absolute atomic E-state index is 11.1. The maximum atomic E-state index is 11.1. The number of aromatic amines is 1. The number of carbonyl (C=O) groups excluding carboxylic acids is 1. The Morgan fingerprint density at radius 1 is 1.34 bits per heavy atom. The molecule has 0 aliphatic carbocycles. The lowest BCUT2D eigenvalue weighted by Gasteiger charge is -2.32. The number of aryl methyl sites for hydroxylation is 1. The van der Waals surface area contributed by atoms with E-state index >= 15 is 0 Å². The summed E-state index contributed by atoms with van der Waals surface area (Å²) in [6, 6.07) is 6.77. The van der Waals surface area contributed by atoms with Gasteiger partial charge in [0.25, 0.3) is 0 Å². The highest BCUT2D eigenvalue weighted by Gasteiger charge is 2.20. The lowest BCUT2D eigenvalue weighted by atomic mass is 10.1. The molecule has 8 heteroatoms. The number of primary amides is 1. The van der Waals surface area contributed by atoms with Crippen LogP contribution in [0.25, 0.3) is 10.9 Å². The van der Waals surface area contributed by atoms with Gasteiger partial charge in [-0.3, -0.25) is 14.7 Å². The summed E-state index contributed by atoms with van der Waals surface area (Å²) in [4.78, 5) is 21.3. The van der Waals surface area contributed by atoms with Crippen molar-refractivity contribution in [2.45, 2.75) is 39.2 Å². The monoisotopic (exact) mass is 512 g/mol. The van der Waals surface area contributed by atoms with E-state index in [1.807, 2.05) is 0 Å². The van der Waals surface area contributed by atoms with Gasteiger partial charge in [0.2, 0.25) is 5.91 Å². The first-order chi connectivity index (χ1) is 13.6. The van der Waals surface area contributed by atoms with E-state index in [9.17, 15) is 4.79 Å². The van der Waals surface area contributed by atoms with Crippen molar-refractivity contribution in [3.05, 3.63) is 35.5 Å². The fourth-order valence-electron chi connectivity index (χ4n) is 3.83. The molecule has 0 saturated carbocycles. The summed E-state index contributed by atoms with van der Waals surface area (Å²) >= 11 is 0. The number of para-hydroxylation sites is 1. The SMILES string of the molecule is CCNC(=NCCc1c[nH]c2c(C)cccc12)NC1CCN(CC(N)=O)CC1.I. The molecule has 2 aromatic rings. The standard InChI is InChI=1S/C21H32N6O.HI/c1-3-23-21(26-17-8-11-27(12-9-17)14-19(22)28)24-10-7-16-13-25-20-15(2)5-4-6-18(16)20;/h4-6,13,17,25H,3,7-12,14H2,1-2H3,(H2,22,28)(H2,23,24,26);1H. The highest BCUT2D eigenvalue weighted by atomic mass is 127. The summed E-state index contributed by atoms with van der Waals surface area (Å²) in [6.07, 6.45) is 4.97. The average Bonchev–Trinajstić information content (AvgIpc) is 3.08. The molecule has 2 heterocycles. The number of halogens is 1. The van der Waals surface area contributed by atoms with Gasteiger partial charge >= 0.3 is 0 Å². The number of benzene rings is 1. The molecule has 29 heavy (non-hydrogen) atoms. The number of carbonyl (C=O) groups is 1. The first-order valence-electron chi connectivity index (χ1n) is 10.2. The number of likely N-dealkylation sites (tertiary alicyclic amines) is 1. The van der Waals surface area contributed by atoms with Crippen molar-refractivity contribution in [3.8, 4) is 0 Å². The van der Waals surface area contributed by atoms with E-state index in [0.717, 1.165) is 51.4 Å². The number of nitrogens with zero attached hydrogens (tertiary/aromatic N) is 2. The molecule has 1 aromatic carbocycles. The number of hydrogen-bond donors (Lipinski definition) is 4. The van der Waals surface area contributed by atoms with E-state index in [-0.39, 0.29) is 29.9 Å². The smallest absolute Gasteiger partial charge is 0.231 e. The predicted octanol–water partition coefficient (Wildman–Crippen LogP) is 2.14. The molecule has 0 radical (unpaired) electrons. The molecule has 1 amide bonds. The Morgan fingerprint density at radius 2 is 2.10 bits per heavy atom. The van der Waals surface area contributed by atoms with Crippen LogP contribution in [0.3, 0.4) is 0 Å². The number of amides is 1. The van der Waals surface area contributed by atoms with E-state index in [1.54, 1.807) is 0 Å². The van der Waals surface area contributed by atoms with Gasteiger partial charge in [0.15, 0.2) is 5.96 Å². The van der Waals surface area contributed by atoms with Crippen LogP contribution in [-0.4, -0.2) is 60.5 Å². The lowest BCUT2D eigenvalue weighted by Crippen LogP contribution is -2.49. The molecule has 1 aliphatic rings. The molecule has 0 spiro atoms. The van der Waals surface area contributed by atoms with E-state index < -0.39 is 0 Å². The first kappa shape index (κ1) is 23.5. The van der Waals surface area contributed by atoms with Crippen molar-refractivity contribution < 1.29 is 4.79 Å². The van der Waals surface area contributed by atoms with Crippen LogP contribution in [0.2, 0.25) is 0 Å². The Bertz CT molecular complexity index is 826. The number of aliphatic imine (C=N–C) groups is 1. The number of nitrogens with one attached hydrogen (secondary N) is 3. The molecule has 160 valence electrons. The fourth-order valence-corrected chi connectivity index (χ4v) is 3.83. The molecule has 1 aromatic heterocycles. The third-order valence-electron chi connectivity index (χ3n) is 5.31. The minimum Gasteiger partial charge on any atom is -0.369 e. The molecule has 0 bridgehead atoms. The van der Waals surface area contributed by atoms with Gasteiger partial charge in [-0.05, 0) is 44.2 Å². The van der Waals surface area contributed by atoms with Gasteiger partial charge in [0.05, 0.1) is 6.54 Å². The Kier molecular flexibility index (Phi) is 9.22. The summed E-state index contributed by atoms with van der Waals surface area (Å²) in [7, 11) is 0. The van der Waals surface area contributed by atoms with Crippen molar-refractivity contribution in [1.29, 1.82) is 0 Å². The number of piperidine rings is 1. The summed E-state index contributed by atoms with van der Waals surface area (Å²) in [5.74, 6) is 0.612. The summed E-state index contributed by atoms with van der Waals surface area (Å²) in [5, 5.41) is 8.18. The summed E-state index contributed by atoms with van der Waals surface area (Å²) < 4.78 is 0. The minimum atomic E-state index is -0.256. The Balaban J connectivity index is 0.00000300. The largest absolute Gasteiger partial charge is 0.369 e. The number of nitrogens with two attached hydrogens (primary N) is 1. The zero-order valence-corrected chi connectivity index (χ0v) is 19.7. The highest BCUT2D eigenvalue weighted by molar-refractivity contribution is 14.0. The van der Waals surface area contributed by atoms with Crippen LogP contribution in [0.15, 0.2) is 29.4 Å². The van der Waals surface area contributed by atoms with Gasteiger partial charge in [0, 0.05) is 49.3 Å². The molecular formula is C21H33IN6O. The Hall–Kier alpha value is -1.81. The molecular weight excluding hydrogens is 479 g/mol. The van der Waals surface area contributed by atoms with Crippen molar-refractivity contribution >= 4 is 46.7 Å². The molecule has 1 saturated heterocycles. The molecule has 1 fully saturated rings. The molecule has 1 aliphatic heterocycles. The second kappa shape index (κ2) is 11.4. The van der Waals surface area contributed by atoms with Crippen LogP contribution >= 0.6 is 24.0 Å². The number of aromatic nitrogens is 1. The number of guanidine groups is 1. The van der Waals surface area contributed by atoms with Gasteiger partial charge in [-0.1, -0.05) is 18.2 Å². The van der Waals surface area contributed by atoms with Crippen LogP contribution in [-0.2, 0) is 11.2 Å². The van der Waals surface area contributed by atoms with Crippen LogP contribution in [0.5, 0.6) is 0 Å². The fraction of sp³-hybridized carbons (Fsp3) is 0.524. The third-order valence-corrected chi connectivity index (χ3v) is 5.31. The van der Waals surface area contributed by atoms with Crippen LogP contribution in [0.4, 0.5) is 0 Å². The minimum absolute atomic E-state index is 0. The maximum Gasteiger partial charge on any atom is 0.231 e. The van der Waals surface area contributed by atoms with E-state index in [2.05, 4.69) is 58.8 Å².